The summed E-state index contributed by atoms with van der Waals surface area (Å²) in [6.45, 7) is 9.95. The zero-order valence-electron chi connectivity index (χ0n) is 9.69. The van der Waals surface area contributed by atoms with Gasteiger partial charge in [0.1, 0.15) is 6.34 Å². The summed E-state index contributed by atoms with van der Waals surface area (Å²) in [6.07, 6.45) is 5.81. The van der Waals surface area contributed by atoms with Crippen molar-refractivity contribution in [3.05, 3.63) is 0 Å². The molecule has 14 heavy (non-hydrogen) atoms. The molecule has 0 saturated carbocycles. The summed E-state index contributed by atoms with van der Waals surface area (Å²) in [4.78, 5) is 8.66. The molecule has 1 rings (SSSR count). The fraction of sp³-hybridized carbons (Fsp3) is 0.800. The minimum atomic E-state index is 0.143. The van der Waals surface area contributed by atoms with E-state index in [-0.39, 0.29) is 11.0 Å². The first-order valence-electron chi connectivity index (χ1n) is 4.94. The smallest absolute Gasteiger partial charge is 0.237 e. The van der Waals surface area contributed by atoms with Crippen molar-refractivity contribution in [3.63, 3.8) is 0 Å². The largest absolute Gasteiger partial charge is 0.247 e. The van der Waals surface area contributed by atoms with Crippen LogP contribution in [0.3, 0.4) is 0 Å². The molecule has 0 bridgehead atoms. The molecular weight excluding hydrogens is 194 g/mol. The summed E-state index contributed by atoms with van der Waals surface area (Å²) in [5, 5.41) is 0. The Labute approximate surface area is 90.9 Å². The SMILES string of the molecule is CC[N+]1(C(C)(C)C)C=NC=NC1SC. The van der Waals surface area contributed by atoms with Crippen LogP contribution in [0.25, 0.3) is 0 Å². The lowest BCUT2D eigenvalue weighted by molar-refractivity contribution is -0.891. The molecule has 1 aliphatic heterocycles. The van der Waals surface area contributed by atoms with Gasteiger partial charge >= 0.3 is 0 Å². The second-order valence-corrected chi connectivity index (χ2v) is 5.40. The Bertz CT molecular complexity index is 255. The van der Waals surface area contributed by atoms with Crippen molar-refractivity contribution in [2.24, 2.45) is 9.98 Å². The molecule has 2 atom stereocenters. The molecule has 0 aromatic heterocycles. The second-order valence-electron chi connectivity index (χ2n) is 4.51. The number of quaternary nitrogens is 1. The first-order chi connectivity index (χ1) is 6.48. The predicted octanol–water partition coefficient (Wildman–Crippen LogP) is 2.34. The van der Waals surface area contributed by atoms with E-state index in [0.29, 0.717) is 0 Å². The van der Waals surface area contributed by atoms with Gasteiger partial charge in [0.15, 0.2) is 6.34 Å². The number of hydrogen-bond donors (Lipinski definition) is 0. The average Bonchev–Trinajstić information content (AvgIpc) is 2.15. The number of nitrogens with zero attached hydrogens (tertiary/aromatic N) is 3. The van der Waals surface area contributed by atoms with Crippen LogP contribution in [0, 0.1) is 0 Å². The monoisotopic (exact) mass is 214 g/mol. The molecule has 1 aliphatic rings. The Morgan fingerprint density at radius 2 is 2.07 bits per heavy atom. The zero-order chi connectivity index (χ0) is 10.8. The summed E-state index contributed by atoms with van der Waals surface area (Å²) < 4.78 is 0.824. The minimum absolute atomic E-state index is 0.143. The van der Waals surface area contributed by atoms with Crippen molar-refractivity contribution in [2.75, 3.05) is 12.8 Å². The molecule has 0 radical (unpaired) electrons. The van der Waals surface area contributed by atoms with Gasteiger partial charge in [0, 0.05) is 0 Å². The third-order valence-electron chi connectivity index (χ3n) is 2.91. The fourth-order valence-corrected chi connectivity index (χ4v) is 2.96. The lowest BCUT2D eigenvalue weighted by atomic mass is 10.0. The van der Waals surface area contributed by atoms with Crippen LogP contribution in [-0.4, -0.2) is 41.0 Å². The molecule has 0 aromatic rings. The summed E-state index contributed by atoms with van der Waals surface area (Å²) in [6, 6.07) is 0. The highest BCUT2D eigenvalue weighted by molar-refractivity contribution is 7.99. The Morgan fingerprint density at radius 1 is 1.43 bits per heavy atom. The molecule has 2 unspecified atom stereocenters. The van der Waals surface area contributed by atoms with E-state index in [1.165, 1.54) is 0 Å². The van der Waals surface area contributed by atoms with Crippen LogP contribution in [0.5, 0.6) is 0 Å². The van der Waals surface area contributed by atoms with Gasteiger partial charge in [-0.2, -0.15) is 4.99 Å². The van der Waals surface area contributed by atoms with Gasteiger partial charge in [0.25, 0.3) is 0 Å². The van der Waals surface area contributed by atoms with Crippen LogP contribution in [0.2, 0.25) is 0 Å². The van der Waals surface area contributed by atoms with Gasteiger partial charge in [0.2, 0.25) is 5.50 Å². The van der Waals surface area contributed by atoms with Crippen LogP contribution in [-0.2, 0) is 0 Å². The predicted molar refractivity (Wildman–Crippen MR) is 64.8 cm³/mol. The maximum Gasteiger partial charge on any atom is 0.237 e. The van der Waals surface area contributed by atoms with Crippen LogP contribution >= 0.6 is 11.8 Å². The highest BCUT2D eigenvalue weighted by Crippen LogP contribution is 2.33. The van der Waals surface area contributed by atoms with E-state index in [9.17, 15) is 0 Å². The highest BCUT2D eigenvalue weighted by Gasteiger charge is 2.45. The van der Waals surface area contributed by atoms with E-state index in [1.807, 2.05) is 6.34 Å². The fourth-order valence-electron chi connectivity index (χ4n) is 1.89. The van der Waals surface area contributed by atoms with Crippen molar-refractivity contribution in [1.29, 1.82) is 0 Å². The molecule has 0 fully saturated rings. The van der Waals surface area contributed by atoms with Crippen molar-refractivity contribution in [3.8, 4) is 0 Å². The van der Waals surface area contributed by atoms with Crippen molar-refractivity contribution >= 4 is 24.4 Å². The van der Waals surface area contributed by atoms with E-state index in [4.69, 9.17) is 0 Å². The van der Waals surface area contributed by atoms with Gasteiger partial charge in [-0.05, 0) is 34.0 Å². The Balaban J connectivity index is 3.09. The van der Waals surface area contributed by atoms with E-state index >= 15 is 0 Å². The summed E-state index contributed by atoms with van der Waals surface area (Å²) in [5.41, 5.74) is 0.390. The van der Waals surface area contributed by atoms with Crippen LogP contribution < -0.4 is 0 Å². The Kier molecular flexibility index (Phi) is 3.37. The average molecular weight is 214 g/mol. The number of rotatable bonds is 2. The normalized spacial score (nSPS) is 32.2. The van der Waals surface area contributed by atoms with E-state index in [1.54, 1.807) is 18.1 Å². The van der Waals surface area contributed by atoms with Gasteiger partial charge in [0.05, 0.1) is 12.1 Å². The summed E-state index contributed by atoms with van der Waals surface area (Å²) in [5.74, 6) is 0. The molecule has 4 heteroatoms. The molecular formula is C10H20N3S+. The molecule has 0 aromatic carbocycles. The first-order valence-corrected chi connectivity index (χ1v) is 6.23. The maximum absolute atomic E-state index is 4.45. The quantitative estimate of drug-likeness (QED) is 0.648. The van der Waals surface area contributed by atoms with Crippen LogP contribution in [0.1, 0.15) is 27.7 Å². The minimum Gasteiger partial charge on any atom is -0.247 e. The first kappa shape index (κ1) is 11.7. The van der Waals surface area contributed by atoms with Gasteiger partial charge in [-0.3, -0.25) is 0 Å². The molecule has 3 nitrogen and oxygen atoms in total. The van der Waals surface area contributed by atoms with Crippen molar-refractivity contribution < 1.29 is 4.48 Å². The van der Waals surface area contributed by atoms with E-state index < -0.39 is 0 Å². The van der Waals surface area contributed by atoms with Crippen LogP contribution in [0.15, 0.2) is 9.98 Å². The number of hydrogen-bond acceptors (Lipinski definition) is 3. The summed E-state index contributed by atoms with van der Waals surface area (Å²) in [7, 11) is 0. The van der Waals surface area contributed by atoms with Gasteiger partial charge < -0.3 is 0 Å². The number of thioether (sulfide) groups is 1. The Morgan fingerprint density at radius 3 is 2.43 bits per heavy atom. The van der Waals surface area contributed by atoms with Crippen molar-refractivity contribution in [1.82, 2.24) is 0 Å². The topological polar surface area (TPSA) is 24.7 Å². The molecule has 0 saturated heterocycles. The van der Waals surface area contributed by atoms with Gasteiger partial charge in [-0.1, -0.05) is 11.8 Å². The molecule has 0 N–H and O–H groups in total. The Hall–Kier alpha value is -0.350. The molecule has 0 spiro atoms. The summed E-state index contributed by atoms with van der Waals surface area (Å²) >= 11 is 1.79. The standard InChI is InChI=1S/C10H20N3S/c1-6-13(10(2,3)4)8-11-7-12-9(13)14-5/h7-9H,6H2,1-5H3/q+1. The third kappa shape index (κ3) is 1.73. The molecule has 1 heterocycles. The second kappa shape index (κ2) is 4.03. The van der Waals surface area contributed by atoms with E-state index in [0.717, 1.165) is 11.0 Å². The maximum atomic E-state index is 4.45. The van der Waals surface area contributed by atoms with Crippen LogP contribution in [0.4, 0.5) is 0 Å². The zero-order valence-corrected chi connectivity index (χ0v) is 10.5. The lowest BCUT2D eigenvalue weighted by Gasteiger charge is -2.47. The van der Waals surface area contributed by atoms with Gasteiger partial charge in [-0.25, -0.2) is 9.48 Å². The van der Waals surface area contributed by atoms with E-state index in [2.05, 4.69) is 43.9 Å². The molecule has 0 amide bonds. The number of aliphatic imine (C=N–C) groups is 2. The van der Waals surface area contributed by atoms with Crippen molar-refractivity contribution in [2.45, 2.75) is 38.7 Å². The lowest BCUT2D eigenvalue weighted by Crippen LogP contribution is -2.64. The van der Waals surface area contributed by atoms with Gasteiger partial charge in [-0.15, -0.1) is 0 Å². The highest BCUT2D eigenvalue weighted by atomic mass is 32.2. The third-order valence-corrected chi connectivity index (χ3v) is 3.83. The molecule has 80 valence electrons. The molecule has 0 aliphatic carbocycles.